The lowest BCUT2D eigenvalue weighted by Crippen LogP contribution is -2.37. The molecule has 0 fully saturated rings. The third kappa shape index (κ3) is 3.66. The van der Waals surface area contributed by atoms with Gasteiger partial charge in [0.1, 0.15) is 29.5 Å². The minimum absolute atomic E-state index is 0.423. The largest absolute Gasteiger partial charge is 0.489 e. The Balaban J connectivity index is 1.63. The molecule has 0 aliphatic carbocycles. The molecule has 2 aromatic rings. The number of ether oxygens (including phenoxy) is 1. The van der Waals surface area contributed by atoms with Crippen molar-refractivity contribution in [2.24, 2.45) is 0 Å². The monoisotopic (exact) mass is 347 g/mol. The zero-order chi connectivity index (χ0) is 17.3. The first kappa shape index (κ1) is 17.1. The standard InChI is InChI=1S/C19H22ClNO3/c1-12-6-17(13(2)24-12)19(3,22)11-21-9-14-7-15-8-16(20)4-5-18(15)23-10-14/h4-8,21-22H,9-11H2,1-3H3. The van der Waals surface area contributed by atoms with E-state index >= 15 is 0 Å². The van der Waals surface area contributed by atoms with Crippen LogP contribution in [-0.2, 0) is 5.60 Å². The van der Waals surface area contributed by atoms with Gasteiger partial charge in [0.05, 0.1) is 0 Å². The summed E-state index contributed by atoms with van der Waals surface area (Å²) < 4.78 is 11.3. The lowest BCUT2D eigenvalue weighted by molar-refractivity contribution is 0.0562. The van der Waals surface area contributed by atoms with Gasteiger partial charge in [-0.05, 0) is 56.7 Å². The molecule has 4 nitrogen and oxygen atoms in total. The van der Waals surface area contributed by atoms with Gasteiger partial charge in [0, 0.05) is 29.2 Å². The van der Waals surface area contributed by atoms with E-state index in [0.717, 1.165) is 34.0 Å². The first-order valence-corrected chi connectivity index (χ1v) is 8.35. The molecule has 0 saturated carbocycles. The lowest BCUT2D eigenvalue weighted by Gasteiger charge is -2.24. The van der Waals surface area contributed by atoms with E-state index in [2.05, 4.69) is 11.4 Å². The molecule has 0 amide bonds. The molecule has 2 N–H and O–H groups in total. The van der Waals surface area contributed by atoms with Crippen LogP contribution in [0.3, 0.4) is 0 Å². The minimum atomic E-state index is -0.987. The highest BCUT2D eigenvalue weighted by molar-refractivity contribution is 6.30. The summed E-state index contributed by atoms with van der Waals surface area (Å²) in [6.45, 7) is 7.14. The van der Waals surface area contributed by atoms with Gasteiger partial charge in [-0.2, -0.15) is 0 Å². The van der Waals surface area contributed by atoms with Gasteiger partial charge >= 0.3 is 0 Å². The molecule has 0 saturated heterocycles. The second-order valence-corrected chi connectivity index (χ2v) is 6.91. The van der Waals surface area contributed by atoms with Gasteiger partial charge in [-0.15, -0.1) is 0 Å². The van der Waals surface area contributed by atoms with Crippen LogP contribution in [0.4, 0.5) is 0 Å². The van der Waals surface area contributed by atoms with Crippen molar-refractivity contribution in [3.05, 3.63) is 57.5 Å². The molecule has 1 aliphatic rings. The average Bonchev–Trinajstić information content (AvgIpc) is 2.86. The van der Waals surface area contributed by atoms with Crippen LogP contribution in [-0.4, -0.2) is 24.8 Å². The van der Waals surface area contributed by atoms with E-state index in [1.807, 2.05) is 38.1 Å². The van der Waals surface area contributed by atoms with Gasteiger partial charge in [0.2, 0.25) is 0 Å². The first-order chi connectivity index (χ1) is 11.3. The molecular weight excluding hydrogens is 326 g/mol. The molecule has 3 rings (SSSR count). The first-order valence-electron chi connectivity index (χ1n) is 7.97. The van der Waals surface area contributed by atoms with Gasteiger partial charge < -0.3 is 19.6 Å². The molecule has 0 bridgehead atoms. The van der Waals surface area contributed by atoms with Crippen LogP contribution in [0.15, 0.2) is 34.3 Å². The Morgan fingerprint density at radius 2 is 2.08 bits per heavy atom. The molecule has 5 heteroatoms. The number of rotatable bonds is 5. The Morgan fingerprint density at radius 3 is 2.79 bits per heavy atom. The normalized spacial score (nSPS) is 16.1. The van der Waals surface area contributed by atoms with Gasteiger partial charge in [-0.3, -0.25) is 0 Å². The Bertz CT molecular complexity index is 777. The lowest BCUT2D eigenvalue weighted by atomic mass is 9.96. The van der Waals surface area contributed by atoms with Crippen LogP contribution >= 0.6 is 11.6 Å². The van der Waals surface area contributed by atoms with Crippen LogP contribution in [0.25, 0.3) is 6.08 Å². The average molecular weight is 348 g/mol. The molecule has 2 heterocycles. The number of aryl methyl sites for hydroxylation is 2. The van der Waals surface area contributed by atoms with Crippen LogP contribution < -0.4 is 10.1 Å². The molecule has 0 radical (unpaired) electrons. The fourth-order valence-electron chi connectivity index (χ4n) is 3.02. The summed E-state index contributed by atoms with van der Waals surface area (Å²) in [5.74, 6) is 2.40. The highest BCUT2D eigenvalue weighted by Crippen LogP contribution is 2.29. The number of aliphatic hydroxyl groups is 1. The van der Waals surface area contributed by atoms with Gasteiger partial charge in [0.25, 0.3) is 0 Å². The number of nitrogens with one attached hydrogen (secondary N) is 1. The van der Waals surface area contributed by atoms with Gasteiger partial charge in [0.15, 0.2) is 0 Å². The summed E-state index contributed by atoms with van der Waals surface area (Å²) in [7, 11) is 0. The van der Waals surface area contributed by atoms with Crippen molar-refractivity contribution in [1.82, 2.24) is 5.32 Å². The fraction of sp³-hybridized carbons (Fsp3) is 0.368. The number of furan rings is 1. The Labute approximate surface area is 147 Å². The molecule has 128 valence electrons. The van der Waals surface area contributed by atoms with Crippen LogP contribution in [0, 0.1) is 13.8 Å². The minimum Gasteiger partial charge on any atom is -0.489 e. The molecular formula is C19H22ClNO3. The molecule has 1 atom stereocenters. The molecule has 0 spiro atoms. The predicted molar refractivity (Wildman–Crippen MR) is 95.5 cm³/mol. The van der Waals surface area contributed by atoms with E-state index in [1.54, 1.807) is 6.92 Å². The van der Waals surface area contributed by atoms with E-state index in [9.17, 15) is 5.11 Å². The van der Waals surface area contributed by atoms with E-state index in [-0.39, 0.29) is 0 Å². The molecule has 1 aromatic carbocycles. The summed E-state index contributed by atoms with van der Waals surface area (Å²) in [5, 5.41) is 14.7. The molecule has 1 aromatic heterocycles. The third-order valence-electron chi connectivity index (χ3n) is 4.19. The maximum atomic E-state index is 10.7. The topological polar surface area (TPSA) is 54.6 Å². The molecule has 24 heavy (non-hydrogen) atoms. The number of benzene rings is 1. The summed E-state index contributed by atoms with van der Waals surface area (Å²) >= 11 is 6.03. The van der Waals surface area contributed by atoms with Gasteiger partial charge in [-0.25, -0.2) is 0 Å². The smallest absolute Gasteiger partial charge is 0.127 e. The predicted octanol–water partition coefficient (Wildman–Crippen LogP) is 3.82. The van der Waals surface area contributed by atoms with Crippen LogP contribution in [0.5, 0.6) is 5.75 Å². The van der Waals surface area contributed by atoms with E-state index in [4.69, 9.17) is 20.8 Å². The van der Waals surface area contributed by atoms with Crippen molar-refractivity contribution in [1.29, 1.82) is 0 Å². The Morgan fingerprint density at radius 1 is 1.29 bits per heavy atom. The zero-order valence-corrected chi connectivity index (χ0v) is 14.9. The van der Waals surface area contributed by atoms with E-state index in [0.29, 0.717) is 24.7 Å². The summed E-state index contributed by atoms with van der Waals surface area (Å²) in [6, 6.07) is 7.49. The van der Waals surface area contributed by atoms with Crippen molar-refractivity contribution < 1.29 is 14.3 Å². The number of hydrogen-bond donors (Lipinski definition) is 2. The number of halogens is 1. The summed E-state index contributed by atoms with van der Waals surface area (Å²) in [6.07, 6.45) is 2.08. The Kier molecular flexibility index (Phi) is 4.72. The van der Waals surface area contributed by atoms with Crippen molar-refractivity contribution in [2.45, 2.75) is 26.4 Å². The SMILES string of the molecule is Cc1cc(C(C)(O)CNCC2=Cc3cc(Cl)ccc3OC2)c(C)o1. The Hall–Kier alpha value is -1.75. The number of fused-ring (bicyclic) bond motifs is 1. The summed E-state index contributed by atoms with van der Waals surface area (Å²) in [5.41, 5.74) is 1.93. The highest BCUT2D eigenvalue weighted by Gasteiger charge is 2.27. The third-order valence-corrected chi connectivity index (χ3v) is 4.42. The van der Waals surface area contributed by atoms with Crippen molar-refractivity contribution >= 4 is 17.7 Å². The van der Waals surface area contributed by atoms with Crippen molar-refractivity contribution in [3.63, 3.8) is 0 Å². The quantitative estimate of drug-likeness (QED) is 0.863. The molecule has 1 aliphatic heterocycles. The zero-order valence-electron chi connectivity index (χ0n) is 14.1. The highest BCUT2D eigenvalue weighted by atomic mass is 35.5. The van der Waals surface area contributed by atoms with Crippen LogP contribution in [0.2, 0.25) is 5.02 Å². The van der Waals surface area contributed by atoms with Gasteiger partial charge in [-0.1, -0.05) is 11.6 Å². The van der Waals surface area contributed by atoms with Crippen molar-refractivity contribution in [3.8, 4) is 5.75 Å². The fourth-order valence-corrected chi connectivity index (χ4v) is 3.21. The van der Waals surface area contributed by atoms with E-state index < -0.39 is 5.60 Å². The van der Waals surface area contributed by atoms with E-state index in [1.165, 1.54) is 0 Å². The second-order valence-electron chi connectivity index (χ2n) is 6.48. The van der Waals surface area contributed by atoms with Crippen LogP contribution in [0.1, 0.15) is 29.6 Å². The maximum Gasteiger partial charge on any atom is 0.127 e. The number of hydrogen-bond acceptors (Lipinski definition) is 4. The maximum absolute atomic E-state index is 10.7. The summed E-state index contributed by atoms with van der Waals surface area (Å²) in [4.78, 5) is 0. The van der Waals surface area contributed by atoms with Crippen molar-refractivity contribution in [2.75, 3.05) is 19.7 Å². The molecule has 1 unspecified atom stereocenters. The second kappa shape index (κ2) is 6.63.